The van der Waals surface area contributed by atoms with Gasteiger partial charge in [0.25, 0.3) is 5.91 Å². The number of nitrogens with one attached hydrogen (secondary N) is 2. The van der Waals surface area contributed by atoms with Crippen molar-refractivity contribution in [1.82, 2.24) is 19.6 Å². The summed E-state index contributed by atoms with van der Waals surface area (Å²) in [4.78, 5) is 48.8. The molecule has 2 aromatic rings. The molecule has 0 aliphatic carbocycles. The molecule has 2 aromatic carbocycles. The lowest BCUT2D eigenvalue weighted by atomic mass is 9.99. The fourth-order valence-corrected chi connectivity index (χ4v) is 7.91. The van der Waals surface area contributed by atoms with Crippen LogP contribution in [0, 0.1) is 6.92 Å². The molecule has 1 unspecified atom stereocenters. The first-order chi connectivity index (χ1) is 23.4. The van der Waals surface area contributed by atoms with Crippen molar-refractivity contribution in [3.05, 3.63) is 53.1 Å². The van der Waals surface area contributed by atoms with Gasteiger partial charge in [0.15, 0.2) is 6.10 Å². The number of carbonyl (C=O) groups is 3. The number of ether oxygens (including phenoxy) is 3. The number of rotatable bonds is 6. The first-order valence-electron chi connectivity index (χ1n) is 17.6. The largest absolute Gasteiger partial charge is 0.490 e. The van der Waals surface area contributed by atoms with Gasteiger partial charge in [-0.3, -0.25) is 9.69 Å². The van der Waals surface area contributed by atoms with Gasteiger partial charge in [-0.15, -0.1) is 0 Å². The topological polar surface area (TPSA) is 116 Å². The van der Waals surface area contributed by atoms with Crippen LogP contribution in [0.25, 0.3) is 0 Å². The molecular formula is C36H48N6O6. The van der Waals surface area contributed by atoms with Gasteiger partial charge in [0.1, 0.15) is 12.4 Å². The Morgan fingerprint density at radius 3 is 2.44 bits per heavy atom. The second-order valence-corrected chi connectivity index (χ2v) is 13.6. The van der Waals surface area contributed by atoms with Gasteiger partial charge >= 0.3 is 12.1 Å². The molecule has 0 bridgehead atoms. The number of hydrogen-bond donors (Lipinski definition) is 2. The maximum Gasteiger partial charge on any atom is 0.410 e. The normalized spacial score (nSPS) is 21.6. The van der Waals surface area contributed by atoms with Gasteiger partial charge in [-0.05, 0) is 67.9 Å². The summed E-state index contributed by atoms with van der Waals surface area (Å²) in [6.45, 7) is 9.56. The van der Waals surface area contributed by atoms with E-state index in [1.54, 1.807) is 4.90 Å². The summed E-state index contributed by atoms with van der Waals surface area (Å²) < 4.78 is 17.6. The Hall–Kier alpha value is -4.03. The molecule has 7 rings (SSSR count). The van der Waals surface area contributed by atoms with Crippen LogP contribution >= 0.6 is 0 Å². The SMILES string of the molecule is Cc1cc(CC(OC(=O)N2CCC(N3CCc4ccccc4NC3=O)CC2)C(=O)N2CCC(N3CCOCC3)CC2)cc2c1NCCO2. The van der Waals surface area contributed by atoms with Crippen LogP contribution in [-0.2, 0) is 27.1 Å². The third-order valence-corrected chi connectivity index (χ3v) is 10.6. The van der Waals surface area contributed by atoms with Crippen LogP contribution in [0.1, 0.15) is 42.4 Å². The molecule has 1 atom stereocenters. The molecule has 3 fully saturated rings. The number of fused-ring (bicyclic) bond motifs is 2. The lowest BCUT2D eigenvalue weighted by Gasteiger charge is -2.41. The fraction of sp³-hybridized carbons (Fsp3) is 0.583. The van der Waals surface area contributed by atoms with Crippen LogP contribution in [0.5, 0.6) is 5.75 Å². The molecule has 0 saturated carbocycles. The number of likely N-dealkylation sites (tertiary alicyclic amines) is 2. The molecule has 5 aliphatic heterocycles. The van der Waals surface area contributed by atoms with Crippen molar-refractivity contribution in [3.8, 4) is 5.75 Å². The molecular weight excluding hydrogens is 612 g/mol. The molecule has 3 saturated heterocycles. The Kier molecular flexibility index (Phi) is 9.90. The minimum absolute atomic E-state index is 0.0284. The van der Waals surface area contributed by atoms with Gasteiger partial charge in [0.2, 0.25) is 0 Å². The number of benzene rings is 2. The first kappa shape index (κ1) is 32.5. The minimum atomic E-state index is -0.945. The Morgan fingerprint density at radius 2 is 1.65 bits per heavy atom. The molecule has 4 amide bonds. The van der Waals surface area contributed by atoms with Crippen LogP contribution in [0.2, 0.25) is 0 Å². The van der Waals surface area contributed by atoms with Crippen LogP contribution < -0.4 is 15.4 Å². The van der Waals surface area contributed by atoms with Gasteiger partial charge in [-0.2, -0.15) is 0 Å². The van der Waals surface area contributed by atoms with E-state index in [2.05, 4.69) is 27.7 Å². The van der Waals surface area contributed by atoms with E-state index >= 15 is 0 Å². The smallest absolute Gasteiger partial charge is 0.410 e. The van der Waals surface area contributed by atoms with Crippen molar-refractivity contribution in [2.45, 2.75) is 63.6 Å². The lowest BCUT2D eigenvalue weighted by Crippen LogP contribution is -2.53. The fourth-order valence-electron chi connectivity index (χ4n) is 7.91. The predicted molar refractivity (Wildman–Crippen MR) is 182 cm³/mol. The highest BCUT2D eigenvalue weighted by Crippen LogP contribution is 2.33. The molecule has 0 spiro atoms. The molecule has 0 aromatic heterocycles. The first-order valence-corrected chi connectivity index (χ1v) is 17.6. The standard InChI is InChI=1S/C36H48N6O6/c1-25-22-26(23-31-33(25)37-11-19-47-31)24-32(34(43)40-12-7-28(8-13-40)39-17-20-46-21-18-39)48-36(45)41-14-9-29(10-15-41)42-16-6-27-4-2-3-5-30(27)38-35(42)44/h2-5,22-23,28-29,32,37H,6-21,24H2,1H3,(H,38,44). The number of nitrogens with zero attached hydrogens (tertiary/aromatic N) is 4. The zero-order chi connectivity index (χ0) is 33.0. The quantitative estimate of drug-likeness (QED) is 0.482. The molecule has 5 heterocycles. The zero-order valence-electron chi connectivity index (χ0n) is 28.0. The average molecular weight is 661 g/mol. The summed E-state index contributed by atoms with van der Waals surface area (Å²) in [7, 11) is 0. The van der Waals surface area contributed by atoms with Crippen molar-refractivity contribution in [3.63, 3.8) is 0 Å². The van der Waals surface area contributed by atoms with Crippen molar-refractivity contribution >= 4 is 29.4 Å². The molecule has 48 heavy (non-hydrogen) atoms. The summed E-state index contributed by atoms with van der Waals surface area (Å²) in [6.07, 6.45) is 2.74. The van der Waals surface area contributed by atoms with E-state index in [9.17, 15) is 14.4 Å². The number of anilines is 2. The van der Waals surface area contributed by atoms with Gasteiger partial charge in [-0.1, -0.05) is 24.3 Å². The van der Waals surface area contributed by atoms with Crippen molar-refractivity contribution in [1.29, 1.82) is 0 Å². The summed E-state index contributed by atoms with van der Waals surface area (Å²) >= 11 is 0. The van der Waals surface area contributed by atoms with Crippen LogP contribution in [0.4, 0.5) is 21.0 Å². The molecule has 0 radical (unpaired) electrons. The Labute approximate surface area is 282 Å². The van der Waals surface area contributed by atoms with Crippen molar-refractivity contribution < 1.29 is 28.6 Å². The lowest BCUT2D eigenvalue weighted by molar-refractivity contribution is -0.142. The van der Waals surface area contributed by atoms with E-state index in [1.807, 2.05) is 41.0 Å². The summed E-state index contributed by atoms with van der Waals surface area (Å²) in [5, 5.41) is 6.46. The molecule has 12 nitrogen and oxygen atoms in total. The minimum Gasteiger partial charge on any atom is -0.490 e. The highest BCUT2D eigenvalue weighted by molar-refractivity contribution is 5.91. The molecule has 2 N–H and O–H groups in total. The number of urea groups is 1. The Bertz CT molecular complexity index is 1480. The maximum atomic E-state index is 14.1. The van der Waals surface area contributed by atoms with E-state index < -0.39 is 12.2 Å². The van der Waals surface area contributed by atoms with Gasteiger partial charge in [0, 0.05) is 76.5 Å². The van der Waals surface area contributed by atoms with Crippen LogP contribution in [0.3, 0.4) is 0 Å². The van der Waals surface area contributed by atoms with Gasteiger partial charge in [0.05, 0.1) is 18.9 Å². The number of hydrogen-bond acceptors (Lipinski definition) is 8. The highest BCUT2D eigenvalue weighted by atomic mass is 16.6. The number of morpholine rings is 1. The second-order valence-electron chi connectivity index (χ2n) is 13.6. The van der Waals surface area contributed by atoms with E-state index in [1.165, 1.54) is 0 Å². The van der Waals surface area contributed by atoms with Crippen LogP contribution in [0.15, 0.2) is 36.4 Å². The second kappa shape index (κ2) is 14.6. The number of carbonyl (C=O) groups excluding carboxylic acids is 3. The molecule has 258 valence electrons. The van der Waals surface area contributed by atoms with Crippen molar-refractivity contribution in [2.75, 3.05) is 82.8 Å². The third-order valence-electron chi connectivity index (χ3n) is 10.6. The zero-order valence-corrected chi connectivity index (χ0v) is 28.0. The van der Waals surface area contributed by atoms with Gasteiger partial charge in [-0.25, -0.2) is 9.59 Å². The average Bonchev–Trinajstić information content (AvgIpc) is 3.29. The van der Waals surface area contributed by atoms with E-state index in [0.29, 0.717) is 58.2 Å². The predicted octanol–water partition coefficient (Wildman–Crippen LogP) is 3.72. The monoisotopic (exact) mass is 660 g/mol. The maximum absolute atomic E-state index is 14.1. The Balaban J connectivity index is 1.00. The number of amides is 4. The van der Waals surface area contributed by atoms with E-state index in [4.69, 9.17) is 14.2 Å². The van der Waals surface area contributed by atoms with E-state index in [0.717, 1.165) is 85.9 Å². The third kappa shape index (κ3) is 7.19. The summed E-state index contributed by atoms with van der Waals surface area (Å²) in [6, 6.07) is 12.3. The van der Waals surface area contributed by atoms with Crippen molar-refractivity contribution in [2.24, 2.45) is 0 Å². The highest BCUT2D eigenvalue weighted by Gasteiger charge is 2.36. The summed E-state index contributed by atoms with van der Waals surface area (Å²) in [5.41, 5.74) is 4.90. The molecule has 5 aliphatic rings. The molecule has 12 heteroatoms. The van der Waals surface area contributed by atoms with E-state index in [-0.39, 0.29) is 24.4 Å². The van der Waals surface area contributed by atoms with Gasteiger partial charge < -0.3 is 39.5 Å². The summed E-state index contributed by atoms with van der Waals surface area (Å²) in [5.74, 6) is 0.622. The van der Waals surface area contributed by atoms with Crippen LogP contribution in [-0.4, -0.2) is 128 Å². The Morgan fingerprint density at radius 1 is 0.917 bits per heavy atom. The number of piperidine rings is 2. The number of para-hydroxylation sites is 1. The number of aryl methyl sites for hydroxylation is 1.